The van der Waals surface area contributed by atoms with E-state index < -0.39 is 0 Å². The molecule has 2 aliphatic rings. The van der Waals surface area contributed by atoms with Gasteiger partial charge in [0.05, 0.1) is 11.0 Å². The van der Waals surface area contributed by atoms with Crippen LogP contribution in [-0.2, 0) is 5.41 Å². The number of aromatic nitrogens is 1. The summed E-state index contributed by atoms with van der Waals surface area (Å²) in [4.78, 5) is 0. The molecule has 0 amide bonds. The molecule has 244 valence electrons. The number of fused-ring (bicyclic) bond motifs is 15. The second-order valence-corrected chi connectivity index (χ2v) is 14.9. The molecule has 0 N–H and O–H groups in total. The minimum atomic E-state index is -0.0468. The van der Waals surface area contributed by atoms with Crippen molar-refractivity contribution in [3.63, 3.8) is 0 Å². The first-order valence-electron chi connectivity index (χ1n) is 18.3. The molecular formula is C51H35N. The summed E-state index contributed by atoms with van der Waals surface area (Å²) in [7, 11) is 0. The first-order valence-corrected chi connectivity index (χ1v) is 18.3. The van der Waals surface area contributed by atoms with Gasteiger partial charge >= 0.3 is 0 Å². The smallest absolute Gasteiger partial charge is 0.0547 e. The van der Waals surface area contributed by atoms with Crippen molar-refractivity contribution in [2.24, 2.45) is 0 Å². The fraction of sp³-hybridized carbons (Fsp3) is 0.0588. The van der Waals surface area contributed by atoms with Crippen LogP contribution in [0.25, 0.3) is 94.3 Å². The molecule has 0 saturated heterocycles. The second-order valence-electron chi connectivity index (χ2n) is 14.9. The van der Waals surface area contributed by atoms with Crippen molar-refractivity contribution < 1.29 is 0 Å². The largest absolute Gasteiger partial charge is 0.309 e. The molecule has 8 aromatic carbocycles. The molecule has 52 heavy (non-hydrogen) atoms. The van der Waals surface area contributed by atoms with Gasteiger partial charge in [-0.2, -0.15) is 0 Å². The van der Waals surface area contributed by atoms with Crippen LogP contribution in [0.1, 0.15) is 25.0 Å². The summed E-state index contributed by atoms with van der Waals surface area (Å²) < 4.78 is 2.47. The molecule has 0 aliphatic heterocycles. The Morgan fingerprint density at radius 3 is 1.58 bits per heavy atom. The van der Waals surface area contributed by atoms with Crippen LogP contribution in [-0.4, -0.2) is 4.57 Å². The lowest BCUT2D eigenvalue weighted by Crippen LogP contribution is -2.14. The maximum Gasteiger partial charge on any atom is 0.0547 e. The van der Waals surface area contributed by atoms with E-state index in [-0.39, 0.29) is 5.41 Å². The third kappa shape index (κ3) is 3.99. The molecule has 1 nitrogen and oxygen atoms in total. The summed E-state index contributed by atoms with van der Waals surface area (Å²) in [6.07, 6.45) is 0. The molecule has 0 saturated carbocycles. The molecule has 0 fully saturated rings. The second kappa shape index (κ2) is 10.8. The first kappa shape index (κ1) is 29.3. The Morgan fingerprint density at radius 1 is 0.365 bits per heavy atom. The summed E-state index contributed by atoms with van der Waals surface area (Å²) >= 11 is 0. The van der Waals surface area contributed by atoms with Crippen LogP contribution in [0.2, 0.25) is 0 Å². The van der Waals surface area contributed by atoms with Gasteiger partial charge in [-0.15, -0.1) is 0 Å². The van der Waals surface area contributed by atoms with Gasteiger partial charge in [-0.1, -0.05) is 159 Å². The third-order valence-corrected chi connectivity index (χ3v) is 11.8. The van der Waals surface area contributed by atoms with Gasteiger partial charge in [-0.05, 0) is 108 Å². The molecule has 0 unspecified atom stereocenters. The van der Waals surface area contributed by atoms with E-state index in [0.717, 1.165) is 0 Å². The van der Waals surface area contributed by atoms with E-state index in [1.165, 1.54) is 105 Å². The number of rotatable bonds is 2. The predicted molar refractivity (Wildman–Crippen MR) is 219 cm³/mol. The van der Waals surface area contributed by atoms with E-state index in [1.54, 1.807) is 0 Å². The van der Waals surface area contributed by atoms with Crippen LogP contribution in [0.5, 0.6) is 0 Å². The maximum atomic E-state index is 2.47. The Hall–Kier alpha value is -6.44. The molecule has 0 atom stereocenters. The van der Waals surface area contributed by atoms with Crippen LogP contribution in [0.3, 0.4) is 0 Å². The zero-order chi connectivity index (χ0) is 34.6. The van der Waals surface area contributed by atoms with E-state index in [0.29, 0.717) is 0 Å². The van der Waals surface area contributed by atoms with E-state index in [2.05, 4.69) is 194 Å². The predicted octanol–water partition coefficient (Wildman–Crippen LogP) is 13.7. The number of para-hydroxylation sites is 1. The normalized spacial score (nSPS) is 13.3. The van der Waals surface area contributed by atoms with Crippen LogP contribution >= 0.6 is 0 Å². The van der Waals surface area contributed by atoms with Gasteiger partial charge in [0, 0.05) is 21.9 Å². The van der Waals surface area contributed by atoms with Crippen molar-refractivity contribution in [3.8, 4) is 72.4 Å². The van der Waals surface area contributed by atoms with Crippen molar-refractivity contribution >= 4 is 21.8 Å². The van der Waals surface area contributed by atoms with Gasteiger partial charge in [-0.25, -0.2) is 0 Å². The summed E-state index contributed by atoms with van der Waals surface area (Å²) in [5.74, 6) is 0. The molecule has 9 aromatic rings. The van der Waals surface area contributed by atoms with Crippen molar-refractivity contribution in [1.82, 2.24) is 4.57 Å². The van der Waals surface area contributed by atoms with Crippen molar-refractivity contribution in [1.29, 1.82) is 0 Å². The zero-order valence-corrected chi connectivity index (χ0v) is 29.2. The van der Waals surface area contributed by atoms with Gasteiger partial charge in [0.25, 0.3) is 0 Å². The SMILES string of the molecule is CC1(C)c2ccccc2-c2c1ccc1c2c2ccccc2n1-c1cccc(-c2ccc3c(c2)-c2ccccc2-c2ccccc2-c2ccccc2-3)c1. The van der Waals surface area contributed by atoms with Crippen LogP contribution in [0.4, 0.5) is 0 Å². The standard InChI is InChI=1S/C51H35N/c1-51(2)45-24-11-9-22-42(45)49-46(51)28-29-48-50(49)43-23-10-12-25-47(43)52(48)34-15-13-14-32(30-34)33-26-27-41-39-20-6-5-18-37(39)35-16-3-4-17-36(35)38-19-7-8-21-40(38)44(41)31-33/h3-31H,1-2H3. The van der Waals surface area contributed by atoms with Gasteiger partial charge in [0.2, 0.25) is 0 Å². The Bertz CT molecular complexity index is 2930. The quantitative estimate of drug-likeness (QED) is 0.174. The highest BCUT2D eigenvalue weighted by Gasteiger charge is 2.37. The average Bonchev–Trinajstić information content (AvgIpc) is 3.66. The molecule has 2 aliphatic carbocycles. The van der Waals surface area contributed by atoms with Gasteiger partial charge in [-0.3, -0.25) is 0 Å². The number of hydrogen-bond donors (Lipinski definition) is 0. The molecule has 1 heterocycles. The first-order chi connectivity index (χ1) is 25.6. The fourth-order valence-electron chi connectivity index (χ4n) is 9.40. The Balaban J connectivity index is 1.13. The topological polar surface area (TPSA) is 4.93 Å². The molecule has 11 rings (SSSR count). The fourth-order valence-corrected chi connectivity index (χ4v) is 9.40. The van der Waals surface area contributed by atoms with Crippen molar-refractivity contribution in [2.45, 2.75) is 19.3 Å². The maximum absolute atomic E-state index is 2.47. The van der Waals surface area contributed by atoms with Gasteiger partial charge in [0.15, 0.2) is 0 Å². The summed E-state index contributed by atoms with van der Waals surface area (Å²) in [5.41, 5.74) is 21.7. The molecule has 1 aromatic heterocycles. The molecule has 0 radical (unpaired) electrons. The van der Waals surface area contributed by atoms with E-state index in [1.807, 2.05) is 0 Å². The van der Waals surface area contributed by atoms with Crippen LogP contribution < -0.4 is 0 Å². The number of hydrogen-bond acceptors (Lipinski definition) is 0. The lowest BCUT2D eigenvalue weighted by molar-refractivity contribution is 0.661. The van der Waals surface area contributed by atoms with Crippen molar-refractivity contribution in [2.75, 3.05) is 0 Å². The summed E-state index contributed by atoms with van der Waals surface area (Å²) in [6.45, 7) is 4.73. The van der Waals surface area contributed by atoms with Gasteiger partial charge in [0.1, 0.15) is 0 Å². The zero-order valence-electron chi connectivity index (χ0n) is 29.2. The minimum Gasteiger partial charge on any atom is -0.309 e. The van der Waals surface area contributed by atoms with Crippen LogP contribution in [0.15, 0.2) is 176 Å². The molecular weight excluding hydrogens is 627 g/mol. The third-order valence-electron chi connectivity index (χ3n) is 11.8. The van der Waals surface area contributed by atoms with E-state index in [9.17, 15) is 0 Å². The minimum absolute atomic E-state index is 0.0468. The van der Waals surface area contributed by atoms with Crippen molar-refractivity contribution in [3.05, 3.63) is 187 Å². The molecule has 1 heteroatoms. The molecule has 0 bridgehead atoms. The van der Waals surface area contributed by atoms with E-state index in [4.69, 9.17) is 0 Å². The molecule has 0 spiro atoms. The highest BCUT2D eigenvalue weighted by atomic mass is 15.0. The lowest BCUT2D eigenvalue weighted by atomic mass is 9.80. The lowest BCUT2D eigenvalue weighted by Gasteiger charge is -2.23. The number of nitrogens with zero attached hydrogens (tertiary/aromatic N) is 1. The summed E-state index contributed by atoms with van der Waals surface area (Å²) in [6, 6.07) is 65.4. The van der Waals surface area contributed by atoms with Crippen LogP contribution in [0, 0.1) is 0 Å². The average molecular weight is 662 g/mol. The summed E-state index contributed by atoms with van der Waals surface area (Å²) in [5, 5.41) is 2.64. The van der Waals surface area contributed by atoms with Gasteiger partial charge < -0.3 is 4.57 Å². The van der Waals surface area contributed by atoms with E-state index >= 15 is 0 Å². The highest BCUT2D eigenvalue weighted by Crippen LogP contribution is 2.53. The Morgan fingerprint density at radius 2 is 0.904 bits per heavy atom. The Kier molecular flexibility index (Phi) is 6.08. The highest BCUT2D eigenvalue weighted by molar-refractivity contribution is 6.18. The monoisotopic (exact) mass is 661 g/mol. The Labute approximate surface area is 304 Å². The number of benzene rings is 8.